The van der Waals surface area contributed by atoms with E-state index in [0.717, 1.165) is 0 Å². The van der Waals surface area contributed by atoms with Crippen molar-refractivity contribution in [2.75, 3.05) is 0 Å². The van der Waals surface area contributed by atoms with Gasteiger partial charge in [0.25, 0.3) is 24.4 Å². The molecule has 0 fully saturated rings. The fraction of sp³-hybridized carbons (Fsp3) is 0.400. The van der Waals surface area contributed by atoms with Gasteiger partial charge in [0, 0.05) is 19.5 Å². The van der Waals surface area contributed by atoms with Crippen LogP contribution in [0.3, 0.4) is 0 Å². The maximum atomic E-state index is 12.0. The Morgan fingerprint density at radius 1 is 0.630 bits per heavy atom. The maximum absolute atomic E-state index is 12.0. The monoisotopic (exact) mass is 480 g/mol. The minimum Gasteiger partial charge on any atom is -0.504 e. The van der Waals surface area contributed by atoms with E-state index in [1.165, 1.54) is 0 Å². The number of ketones is 2. The van der Waals surface area contributed by atoms with E-state index < -0.39 is 59.9 Å². The van der Waals surface area contributed by atoms with E-state index >= 15 is 0 Å². The van der Waals surface area contributed by atoms with Crippen molar-refractivity contribution in [3.8, 4) is 0 Å². The molecule has 0 spiro atoms. The fourth-order valence-electron chi connectivity index (χ4n) is 0.673. The van der Waals surface area contributed by atoms with Crippen LogP contribution in [0.4, 0.5) is 52.7 Å². The standard InChI is InChI=1S/2C5H2F6O2.Zn/c2*6-1(2(12)4(7)8)3(13)5(9,10)11;/h2*4,12H;/b2*2-1+;. The van der Waals surface area contributed by atoms with Crippen molar-refractivity contribution in [3.05, 3.63) is 23.2 Å². The van der Waals surface area contributed by atoms with Gasteiger partial charge < -0.3 is 10.2 Å². The topological polar surface area (TPSA) is 74.6 Å². The van der Waals surface area contributed by atoms with Gasteiger partial charge >= 0.3 is 12.4 Å². The summed E-state index contributed by atoms with van der Waals surface area (Å²) in [6, 6.07) is 0. The Labute approximate surface area is 152 Å². The number of carbonyl (C=O) groups is 2. The predicted octanol–water partition coefficient (Wildman–Crippen LogP) is 4.24. The van der Waals surface area contributed by atoms with Gasteiger partial charge in [-0.3, -0.25) is 9.59 Å². The molecule has 0 saturated heterocycles. The summed E-state index contributed by atoms with van der Waals surface area (Å²) in [7, 11) is 0. The molecule has 2 N–H and O–H groups in total. The Kier molecular flexibility index (Phi) is 12.4. The molecule has 0 rings (SSSR count). The van der Waals surface area contributed by atoms with Gasteiger partial charge in [-0.2, -0.15) is 35.1 Å². The summed E-state index contributed by atoms with van der Waals surface area (Å²) in [5.74, 6) is -17.1. The van der Waals surface area contributed by atoms with Crippen LogP contribution in [0.25, 0.3) is 0 Å². The summed E-state index contributed by atoms with van der Waals surface area (Å²) < 4.78 is 138. The molecule has 17 heteroatoms. The molecule has 0 bridgehead atoms. The molecule has 0 unspecified atom stereocenters. The Hall–Kier alpha value is -1.80. The second-order valence-electron chi connectivity index (χ2n) is 3.65. The van der Waals surface area contributed by atoms with Crippen molar-refractivity contribution in [2.45, 2.75) is 25.2 Å². The number of hydrogen-bond acceptors (Lipinski definition) is 4. The molecule has 154 valence electrons. The molecule has 0 saturated carbocycles. The van der Waals surface area contributed by atoms with Crippen LogP contribution in [-0.2, 0) is 29.1 Å². The van der Waals surface area contributed by atoms with Gasteiger partial charge in [-0.05, 0) is 0 Å². The Morgan fingerprint density at radius 3 is 0.926 bits per heavy atom. The third kappa shape index (κ3) is 10.2. The fourth-order valence-corrected chi connectivity index (χ4v) is 0.673. The average Bonchev–Trinajstić information content (AvgIpc) is 2.48. The number of aliphatic hydroxyl groups is 2. The van der Waals surface area contributed by atoms with Crippen molar-refractivity contribution < 1.29 is 92.0 Å². The summed E-state index contributed by atoms with van der Waals surface area (Å²) in [4.78, 5) is 19.7. The first kappa shape index (κ1) is 29.9. The molecular formula is C10H4F12O4Zn. The third-order valence-corrected chi connectivity index (χ3v) is 1.78. The molecule has 4 nitrogen and oxygen atoms in total. The molecule has 0 aliphatic carbocycles. The summed E-state index contributed by atoms with van der Waals surface area (Å²) in [6.45, 7) is 0. The quantitative estimate of drug-likeness (QED) is 0.273. The molecule has 0 aromatic rings. The third-order valence-electron chi connectivity index (χ3n) is 1.78. The molecule has 0 aromatic carbocycles. The molecule has 0 aliphatic rings. The smallest absolute Gasteiger partial charge is 0.457 e. The molecular weight excluding hydrogens is 477 g/mol. The number of allylic oxidation sites excluding steroid dienone is 4. The number of halogens is 12. The molecule has 27 heavy (non-hydrogen) atoms. The van der Waals surface area contributed by atoms with Crippen molar-refractivity contribution in [3.63, 3.8) is 0 Å². The molecule has 0 aromatic heterocycles. The minimum atomic E-state index is -5.62. The largest absolute Gasteiger partial charge is 0.504 e. The van der Waals surface area contributed by atoms with Crippen LogP contribution in [0.5, 0.6) is 0 Å². The second-order valence-corrected chi connectivity index (χ2v) is 3.65. The number of hydrogen-bond donors (Lipinski definition) is 2. The van der Waals surface area contributed by atoms with Crippen LogP contribution in [-0.4, -0.2) is 47.0 Å². The summed E-state index contributed by atoms with van der Waals surface area (Å²) >= 11 is 0. The number of carbonyl (C=O) groups excluding carboxylic acids is 2. The van der Waals surface area contributed by atoms with Crippen molar-refractivity contribution in [1.29, 1.82) is 0 Å². The van der Waals surface area contributed by atoms with Gasteiger partial charge in [0.2, 0.25) is 11.7 Å². The van der Waals surface area contributed by atoms with Gasteiger partial charge in [0.15, 0.2) is 11.5 Å². The van der Waals surface area contributed by atoms with E-state index in [2.05, 4.69) is 0 Å². The van der Waals surface area contributed by atoms with E-state index in [1.54, 1.807) is 0 Å². The Bertz CT molecular complexity index is 538. The Balaban J connectivity index is -0.000000411. The number of Topliss-reactive ketones (excluding diaryl/α,β-unsaturated/α-hetero) is 2. The zero-order valence-corrected chi connectivity index (χ0v) is 15.1. The second kappa shape index (κ2) is 11.1. The molecule has 0 radical (unpaired) electrons. The van der Waals surface area contributed by atoms with E-state index in [1.807, 2.05) is 0 Å². The van der Waals surface area contributed by atoms with Crippen LogP contribution in [0.15, 0.2) is 23.2 Å². The number of rotatable bonds is 4. The number of aliphatic hydroxyl groups excluding tert-OH is 2. The Morgan fingerprint density at radius 2 is 0.815 bits per heavy atom. The normalized spacial score (nSPS) is 13.9. The summed E-state index contributed by atoms with van der Waals surface area (Å²) in [5.41, 5.74) is 0. The van der Waals surface area contributed by atoms with Gasteiger partial charge in [-0.15, -0.1) is 0 Å². The van der Waals surface area contributed by atoms with Crippen LogP contribution in [0.1, 0.15) is 0 Å². The van der Waals surface area contributed by atoms with Crippen molar-refractivity contribution in [1.82, 2.24) is 0 Å². The van der Waals surface area contributed by atoms with E-state index in [-0.39, 0.29) is 19.5 Å². The molecule has 0 atom stereocenters. The summed E-state index contributed by atoms with van der Waals surface area (Å²) in [6.07, 6.45) is -18.9. The van der Waals surface area contributed by atoms with Crippen LogP contribution < -0.4 is 0 Å². The zero-order chi connectivity index (χ0) is 21.6. The number of alkyl halides is 10. The molecule has 0 amide bonds. The van der Waals surface area contributed by atoms with E-state index in [0.29, 0.717) is 0 Å². The first-order chi connectivity index (χ1) is 11.4. The van der Waals surface area contributed by atoms with Crippen molar-refractivity contribution in [2.24, 2.45) is 0 Å². The molecule has 0 aliphatic heterocycles. The van der Waals surface area contributed by atoms with Gasteiger partial charge in [-0.25, -0.2) is 17.6 Å². The average molecular weight is 482 g/mol. The van der Waals surface area contributed by atoms with Crippen molar-refractivity contribution >= 4 is 11.6 Å². The van der Waals surface area contributed by atoms with Gasteiger partial charge in [-0.1, -0.05) is 0 Å². The van der Waals surface area contributed by atoms with E-state index in [4.69, 9.17) is 10.2 Å². The predicted molar refractivity (Wildman–Crippen MR) is 55.7 cm³/mol. The van der Waals surface area contributed by atoms with Gasteiger partial charge in [0.1, 0.15) is 0 Å². The molecule has 0 heterocycles. The van der Waals surface area contributed by atoms with E-state index in [9.17, 15) is 62.3 Å². The summed E-state index contributed by atoms with van der Waals surface area (Å²) in [5, 5.41) is 15.9. The van der Waals surface area contributed by atoms with Crippen LogP contribution >= 0.6 is 0 Å². The first-order valence-electron chi connectivity index (χ1n) is 5.32. The van der Waals surface area contributed by atoms with Crippen LogP contribution in [0, 0.1) is 0 Å². The minimum absolute atomic E-state index is 0. The maximum Gasteiger partial charge on any atom is 0.457 e. The first-order valence-corrected chi connectivity index (χ1v) is 5.32. The zero-order valence-electron chi connectivity index (χ0n) is 12.1. The van der Waals surface area contributed by atoms with Gasteiger partial charge in [0.05, 0.1) is 0 Å². The van der Waals surface area contributed by atoms with Crippen LogP contribution in [0.2, 0.25) is 0 Å². The SMILES string of the molecule is O=C(/C(F)=C(\O)C(F)F)C(F)(F)F.O=C(/C(F)=C(\O)C(F)F)C(F)(F)F.[Zn].